The van der Waals surface area contributed by atoms with E-state index in [0.29, 0.717) is 10.5 Å². The molecule has 1 aromatic rings. The van der Waals surface area contributed by atoms with E-state index in [4.69, 9.17) is 0 Å². The molecule has 0 aromatic heterocycles. The maximum absolute atomic E-state index is 12.9. The average Bonchev–Trinajstić information content (AvgIpc) is 2.46. The molecule has 0 spiro atoms. The molecule has 1 heterocycles. The Labute approximate surface area is 127 Å². The Morgan fingerprint density at radius 3 is 2.33 bits per heavy atom. The fourth-order valence-electron chi connectivity index (χ4n) is 3.25. The summed E-state index contributed by atoms with van der Waals surface area (Å²) in [5, 5.41) is 9.45. The number of hydrogen-bond acceptors (Lipinski definition) is 3. The molecule has 1 saturated heterocycles. The standard InChI is InChI=1S/C16H25NO3S/c1-4-14-8-9-16(10-15(14)11-18)21(19,20)17-12(2)6-5-7-13(17)3/h8-10,12-13,18H,4-7,11H2,1-3H3/t12-,13+. The van der Waals surface area contributed by atoms with Gasteiger partial charge in [-0.2, -0.15) is 4.31 Å². The van der Waals surface area contributed by atoms with Gasteiger partial charge in [0.15, 0.2) is 0 Å². The van der Waals surface area contributed by atoms with Crippen LogP contribution in [0.1, 0.15) is 51.2 Å². The molecule has 1 aliphatic heterocycles. The molecule has 0 radical (unpaired) electrons. The van der Waals surface area contributed by atoms with Gasteiger partial charge in [0, 0.05) is 12.1 Å². The summed E-state index contributed by atoms with van der Waals surface area (Å²) in [6, 6.07) is 5.17. The van der Waals surface area contributed by atoms with Gasteiger partial charge in [-0.1, -0.05) is 19.4 Å². The topological polar surface area (TPSA) is 57.6 Å². The second-order valence-electron chi connectivity index (χ2n) is 5.91. The monoisotopic (exact) mass is 311 g/mol. The van der Waals surface area contributed by atoms with Gasteiger partial charge in [-0.15, -0.1) is 0 Å². The minimum absolute atomic E-state index is 0.0298. The minimum atomic E-state index is -3.50. The van der Waals surface area contributed by atoms with Crippen molar-refractivity contribution in [3.8, 4) is 0 Å². The van der Waals surface area contributed by atoms with Crippen LogP contribution in [0.15, 0.2) is 23.1 Å². The first-order chi connectivity index (χ1) is 9.91. The zero-order valence-electron chi connectivity index (χ0n) is 13.0. The molecule has 5 heteroatoms. The first-order valence-electron chi connectivity index (χ1n) is 7.68. The van der Waals surface area contributed by atoms with Crippen LogP contribution in [-0.2, 0) is 23.1 Å². The molecular formula is C16H25NO3S. The molecule has 1 fully saturated rings. The fraction of sp³-hybridized carbons (Fsp3) is 0.625. The third-order valence-electron chi connectivity index (χ3n) is 4.42. The van der Waals surface area contributed by atoms with Crippen molar-refractivity contribution in [3.63, 3.8) is 0 Å². The zero-order valence-corrected chi connectivity index (χ0v) is 13.9. The maximum atomic E-state index is 12.9. The summed E-state index contributed by atoms with van der Waals surface area (Å²) >= 11 is 0. The number of aliphatic hydroxyl groups is 1. The number of aliphatic hydroxyl groups excluding tert-OH is 1. The molecule has 2 rings (SSSR count). The van der Waals surface area contributed by atoms with E-state index in [0.717, 1.165) is 31.2 Å². The van der Waals surface area contributed by atoms with Crippen molar-refractivity contribution < 1.29 is 13.5 Å². The van der Waals surface area contributed by atoms with Crippen LogP contribution in [-0.4, -0.2) is 29.9 Å². The lowest BCUT2D eigenvalue weighted by Crippen LogP contribution is -2.47. The van der Waals surface area contributed by atoms with Crippen molar-refractivity contribution in [1.82, 2.24) is 4.31 Å². The highest BCUT2D eigenvalue weighted by Crippen LogP contribution is 2.30. The van der Waals surface area contributed by atoms with E-state index in [1.165, 1.54) is 0 Å². The Bertz CT molecular complexity index is 588. The van der Waals surface area contributed by atoms with Crippen molar-refractivity contribution in [2.75, 3.05) is 0 Å². The molecule has 0 bridgehead atoms. The molecule has 1 aliphatic rings. The number of aryl methyl sites for hydroxylation is 1. The summed E-state index contributed by atoms with van der Waals surface area (Å²) in [4.78, 5) is 0.296. The molecule has 2 atom stereocenters. The summed E-state index contributed by atoms with van der Waals surface area (Å²) in [7, 11) is -3.50. The van der Waals surface area contributed by atoms with Crippen LogP contribution in [0.4, 0.5) is 0 Å². The molecular weight excluding hydrogens is 286 g/mol. The molecule has 0 saturated carbocycles. The minimum Gasteiger partial charge on any atom is -0.392 e. The van der Waals surface area contributed by atoms with Gasteiger partial charge in [0.25, 0.3) is 0 Å². The molecule has 1 aromatic carbocycles. The molecule has 0 aliphatic carbocycles. The molecule has 0 unspecified atom stereocenters. The first-order valence-corrected chi connectivity index (χ1v) is 9.12. The van der Waals surface area contributed by atoms with E-state index in [2.05, 4.69) is 0 Å². The van der Waals surface area contributed by atoms with Gasteiger partial charge in [0.2, 0.25) is 10.0 Å². The van der Waals surface area contributed by atoms with E-state index >= 15 is 0 Å². The quantitative estimate of drug-likeness (QED) is 0.930. The van der Waals surface area contributed by atoms with E-state index in [9.17, 15) is 13.5 Å². The third-order valence-corrected chi connectivity index (χ3v) is 6.54. The van der Waals surface area contributed by atoms with E-state index < -0.39 is 10.0 Å². The number of hydrogen-bond donors (Lipinski definition) is 1. The average molecular weight is 311 g/mol. The molecule has 4 nitrogen and oxygen atoms in total. The lowest BCUT2D eigenvalue weighted by molar-refractivity contribution is 0.204. The van der Waals surface area contributed by atoms with Crippen LogP contribution >= 0.6 is 0 Å². The number of rotatable bonds is 4. The van der Waals surface area contributed by atoms with Crippen LogP contribution in [0.5, 0.6) is 0 Å². The highest BCUT2D eigenvalue weighted by molar-refractivity contribution is 7.89. The van der Waals surface area contributed by atoms with Crippen LogP contribution in [0.3, 0.4) is 0 Å². The highest BCUT2D eigenvalue weighted by Gasteiger charge is 2.35. The predicted octanol–water partition coefficient (Wildman–Crippen LogP) is 2.69. The Kier molecular flexibility index (Phi) is 5.07. The SMILES string of the molecule is CCc1ccc(S(=O)(=O)N2[C@H](C)CCC[C@@H]2C)cc1CO. The van der Waals surface area contributed by atoms with Crippen LogP contribution in [0.2, 0.25) is 0 Å². The number of sulfonamides is 1. The lowest BCUT2D eigenvalue weighted by Gasteiger charge is -2.37. The summed E-state index contributed by atoms with van der Waals surface area (Å²) < 4.78 is 27.5. The highest BCUT2D eigenvalue weighted by atomic mass is 32.2. The van der Waals surface area contributed by atoms with E-state index in [-0.39, 0.29) is 18.7 Å². The smallest absolute Gasteiger partial charge is 0.243 e. The van der Waals surface area contributed by atoms with Gasteiger partial charge < -0.3 is 5.11 Å². The van der Waals surface area contributed by atoms with Crippen molar-refractivity contribution in [3.05, 3.63) is 29.3 Å². The Hall–Kier alpha value is -0.910. The summed E-state index contributed by atoms with van der Waals surface area (Å²) in [5.74, 6) is 0. The summed E-state index contributed by atoms with van der Waals surface area (Å²) in [5.41, 5.74) is 1.70. The largest absolute Gasteiger partial charge is 0.392 e. The molecule has 1 N–H and O–H groups in total. The molecule has 118 valence electrons. The van der Waals surface area contributed by atoms with Crippen molar-refractivity contribution >= 4 is 10.0 Å². The summed E-state index contributed by atoms with van der Waals surface area (Å²) in [6.45, 7) is 5.82. The first kappa shape index (κ1) is 16.5. The van der Waals surface area contributed by atoms with Gasteiger partial charge >= 0.3 is 0 Å². The van der Waals surface area contributed by atoms with E-state index in [1.807, 2.05) is 26.8 Å². The van der Waals surface area contributed by atoms with E-state index in [1.54, 1.807) is 16.4 Å². The lowest BCUT2D eigenvalue weighted by atomic mass is 10.0. The van der Waals surface area contributed by atoms with Crippen LogP contribution in [0, 0.1) is 0 Å². The Balaban J connectivity index is 2.43. The number of benzene rings is 1. The third kappa shape index (κ3) is 3.15. The number of piperidine rings is 1. The van der Waals surface area contributed by atoms with Gasteiger partial charge in [-0.05, 0) is 56.4 Å². The van der Waals surface area contributed by atoms with Crippen LogP contribution < -0.4 is 0 Å². The normalized spacial score (nSPS) is 24.2. The number of nitrogens with zero attached hydrogens (tertiary/aromatic N) is 1. The van der Waals surface area contributed by atoms with Crippen LogP contribution in [0.25, 0.3) is 0 Å². The van der Waals surface area contributed by atoms with Crippen molar-refractivity contribution in [2.45, 2.75) is 70.0 Å². The van der Waals surface area contributed by atoms with Gasteiger partial charge in [-0.3, -0.25) is 0 Å². The fourth-order valence-corrected chi connectivity index (χ4v) is 5.18. The Morgan fingerprint density at radius 2 is 1.81 bits per heavy atom. The van der Waals surface area contributed by atoms with Gasteiger partial charge in [0.05, 0.1) is 11.5 Å². The second-order valence-corrected chi connectivity index (χ2v) is 7.75. The second kappa shape index (κ2) is 6.46. The summed E-state index contributed by atoms with van der Waals surface area (Å²) in [6.07, 6.45) is 3.67. The van der Waals surface area contributed by atoms with Gasteiger partial charge in [0.1, 0.15) is 0 Å². The van der Waals surface area contributed by atoms with Gasteiger partial charge in [-0.25, -0.2) is 8.42 Å². The zero-order chi connectivity index (χ0) is 15.6. The maximum Gasteiger partial charge on any atom is 0.243 e. The van der Waals surface area contributed by atoms with Crippen molar-refractivity contribution in [2.24, 2.45) is 0 Å². The Morgan fingerprint density at radius 1 is 1.19 bits per heavy atom. The molecule has 0 amide bonds. The predicted molar refractivity (Wildman–Crippen MR) is 83.5 cm³/mol. The molecule has 21 heavy (non-hydrogen) atoms. The van der Waals surface area contributed by atoms with Crippen molar-refractivity contribution in [1.29, 1.82) is 0 Å².